The van der Waals surface area contributed by atoms with Gasteiger partial charge in [-0.2, -0.15) is 0 Å². The number of rotatable bonds is 11. The first-order valence-electron chi connectivity index (χ1n) is 18.9. The minimum Gasteiger partial charge on any atom is -0.465 e. The van der Waals surface area contributed by atoms with E-state index in [9.17, 15) is 29.4 Å². The number of nitrogens with one attached hydrogen (secondary N) is 4. The molecule has 2 aromatic carbocycles. The second-order valence-corrected chi connectivity index (χ2v) is 16.9. The van der Waals surface area contributed by atoms with Gasteiger partial charge in [-0.25, -0.2) is 19.6 Å². The number of likely N-dealkylation sites (tertiary alicyclic amines) is 2. The van der Waals surface area contributed by atoms with Crippen molar-refractivity contribution in [2.24, 2.45) is 5.92 Å². The number of carbonyl (C=O) groups is 4. The largest absolute Gasteiger partial charge is 0.465 e. The Morgan fingerprint density at radius 1 is 0.719 bits per heavy atom. The predicted octanol–water partition coefficient (Wildman–Crippen LogP) is 8.04. The van der Waals surface area contributed by atoms with Crippen LogP contribution in [0.4, 0.5) is 9.59 Å². The van der Waals surface area contributed by atoms with Crippen LogP contribution in [-0.2, 0) is 9.59 Å². The van der Waals surface area contributed by atoms with Gasteiger partial charge in [-0.05, 0) is 60.4 Å². The third kappa shape index (κ3) is 7.74. The average Bonchev–Trinajstić information content (AvgIpc) is 4.04. The lowest BCUT2D eigenvalue weighted by Gasteiger charge is -2.29. The minimum absolute atomic E-state index is 0.186. The zero-order valence-electron chi connectivity index (χ0n) is 31.3. The van der Waals surface area contributed by atoms with Crippen LogP contribution in [0.2, 0.25) is 0 Å². The van der Waals surface area contributed by atoms with E-state index in [-0.39, 0.29) is 29.8 Å². The molecule has 0 spiro atoms. The molecular weight excluding hydrogens is 765 g/mol. The number of hydrogen-bond acceptors (Lipinski definition) is 8. The Balaban J connectivity index is 0.940. The van der Waals surface area contributed by atoms with Crippen LogP contribution in [-0.4, -0.2) is 83.1 Å². The summed E-state index contributed by atoms with van der Waals surface area (Å²) in [7, 11) is 0. The van der Waals surface area contributed by atoms with Crippen molar-refractivity contribution in [2.75, 3.05) is 13.1 Å². The van der Waals surface area contributed by atoms with Crippen LogP contribution >= 0.6 is 22.7 Å². The number of aromatic nitrogens is 4. The van der Waals surface area contributed by atoms with E-state index < -0.39 is 24.3 Å². The minimum atomic E-state index is -1.26. The first kappa shape index (κ1) is 37.9. The normalized spacial score (nSPS) is 17.9. The van der Waals surface area contributed by atoms with Crippen molar-refractivity contribution in [3.05, 3.63) is 96.3 Å². The molecule has 57 heavy (non-hydrogen) atoms. The van der Waals surface area contributed by atoms with E-state index in [0.717, 1.165) is 67.4 Å². The van der Waals surface area contributed by atoms with E-state index in [0.29, 0.717) is 30.3 Å². The molecule has 2 aliphatic rings. The molecular formula is C41H42N8O6S2. The summed E-state index contributed by atoms with van der Waals surface area (Å²) in [6.07, 6.45) is 4.19. The van der Waals surface area contributed by atoms with Gasteiger partial charge in [0, 0.05) is 27.4 Å². The lowest BCUT2D eigenvalue weighted by atomic mass is 10.0. The molecule has 1 unspecified atom stereocenters. The first-order chi connectivity index (χ1) is 27.5. The Bertz CT molecular complexity index is 2390. The summed E-state index contributed by atoms with van der Waals surface area (Å²) >= 11 is 3.39. The van der Waals surface area contributed by atoms with E-state index >= 15 is 0 Å². The molecule has 4 atom stereocenters. The molecule has 0 radical (unpaired) electrons. The molecule has 14 nitrogen and oxygen atoms in total. The zero-order chi connectivity index (χ0) is 39.8. The molecule has 0 saturated carbocycles. The molecule has 6 N–H and O–H groups in total. The lowest BCUT2D eigenvalue weighted by Crippen LogP contribution is -2.50. The van der Waals surface area contributed by atoms with Gasteiger partial charge in [-0.3, -0.25) is 9.59 Å². The fraction of sp³-hybridized carbons (Fsp3) is 0.317. The molecule has 2 saturated heterocycles. The van der Waals surface area contributed by atoms with Gasteiger partial charge in [0.2, 0.25) is 5.91 Å². The molecule has 0 aliphatic carbocycles. The number of thiophene rings is 2. The Labute approximate surface area is 336 Å². The molecule has 2 aliphatic heterocycles. The second kappa shape index (κ2) is 15.9. The highest BCUT2D eigenvalue weighted by Gasteiger charge is 2.38. The van der Waals surface area contributed by atoms with Crippen LogP contribution in [0.1, 0.15) is 74.9 Å². The third-order valence-corrected chi connectivity index (χ3v) is 13.1. The maximum Gasteiger partial charge on any atom is 0.405 e. The average molecular weight is 807 g/mol. The van der Waals surface area contributed by atoms with Crippen LogP contribution in [0.5, 0.6) is 0 Å². The van der Waals surface area contributed by atoms with Gasteiger partial charge in [0.15, 0.2) is 0 Å². The summed E-state index contributed by atoms with van der Waals surface area (Å²) in [5, 5.41) is 23.6. The van der Waals surface area contributed by atoms with E-state index in [1.54, 1.807) is 62.9 Å². The van der Waals surface area contributed by atoms with E-state index in [4.69, 9.17) is 0 Å². The Morgan fingerprint density at radius 3 is 1.88 bits per heavy atom. The highest BCUT2D eigenvalue weighted by Crippen LogP contribution is 2.42. The van der Waals surface area contributed by atoms with Gasteiger partial charge in [0.05, 0.1) is 40.7 Å². The van der Waals surface area contributed by atoms with Crippen LogP contribution in [0.3, 0.4) is 0 Å². The van der Waals surface area contributed by atoms with Crippen LogP contribution in [0.25, 0.3) is 41.7 Å². The molecule has 4 amide bonds. The van der Waals surface area contributed by atoms with Crippen molar-refractivity contribution >= 4 is 56.1 Å². The smallest absolute Gasteiger partial charge is 0.405 e. The summed E-state index contributed by atoms with van der Waals surface area (Å²) in [4.78, 5) is 72.0. The third-order valence-electron chi connectivity index (χ3n) is 10.7. The van der Waals surface area contributed by atoms with Gasteiger partial charge < -0.3 is 40.6 Å². The number of imidazole rings is 2. The number of carbonyl (C=O) groups excluding carboxylic acids is 2. The summed E-state index contributed by atoms with van der Waals surface area (Å²) < 4.78 is 2.31. The number of aromatic amines is 2. The molecule has 2 fully saturated rings. The monoisotopic (exact) mass is 806 g/mol. The van der Waals surface area contributed by atoms with Crippen LogP contribution < -0.4 is 10.6 Å². The summed E-state index contributed by atoms with van der Waals surface area (Å²) in [5.41, 5.74) is 4.34. The van der Waals surface area contributed by atoms with E-state index in [1.165, 1.54) is 0 Å². The summed E-state index contributed by atoms with van der Waals surface area (Å²) in [6, 6.07) is 19.2. The van der Waals surface area contributed by atoms with Crippen molar-refractivity contribution in [3.8, 4) is 32.3 Å². The summed E-state index contributed by atoms with van der Waals surface area (Å²) in [6.45, 7) is 4.73. The standard InChI is InChI=1S/C41H42N8O6S2/c1-22(2)34(46-40(52)53)38(50)48-16-6-11-29(48)37-43-21-27(45-37)31-19-33-32(57-31)18-30(56-33)24-14-12-23(13-15-24)26-20-42-36(44-26)28-10-7-17-49(28)39(51)35(47-41(54)55)25-8-4-3-5-9-25/h3-5,8-9,12-15,18-22,28-29,34-35,46-47H,6-7,10-11,16-17H2,1-2H3,(H,42,44)(H,43,45)(H,52,53)(H,54,55)/t28-,29?,34-,35+/m0/s1. The van der Waals surface area contributed by atoms with Gasteiger partial charge >= 0.3 is 12.2 Å². The number of carboxylic acid groups (broad SMARTS) is 2. The SMILES string of the molecule is CC(C)[C@H](NC(=O)O)C(=O)N1CCCC1c1ncc(-c2cc3sc(-c4ccc(-c5cnc([C@@H]6CCCN6C(=O)[C@H](NC(=O)O)c6ccccc6)[nH]5)cc4)cc3s2)[nH]1. The van der Waals surface area contributed by atoms with Crippen molar-refractivity contribution in [3.63, 3.8) is 0 Å². The molecule has 8 rings (SSSR count). The molecule has 16 heteroatoms. The number of hydrogen-bond donors (Lipinski definition) is 6. The maximum atomic E-state index is 13.7. The number of benzene rings is 2. The number of nitrogens with zero attached hydrogens (tertiary/aromatic N) is 4. The quantitative estimate of drug-likeness (QED) is 0.0756. The molecule has 6 heterocycles. The molecule has 294 valence electrons. The highest BCUT2D eigenvalue weighted by molar-refractivity contribution is 7.31. The second-order valence-electron chi connectivity index (χ2n) is 14.7. The van der Waals surface area contributed by atoms with Gasteiger partial charge in [-0.15, -0.1) is 22.7 Å². The predicted molar refractivity (Wildman–Crippen MR) is 218 cm³/mol. The topological polar surface area (TPSA) is 197 Å². The maximum absolute atomic E-state index is 13.7. The fourth-order valence-electron chi connectivity index (χ4n) is 7.89. The number of amides is 4. The van der Waals surface area contributed by atoms with E-state index in [1.807, 2.05) is 26.1 Å². The number of H-pyrrole nitrogens is 2. The number of fused-ring (bicyclic) bond motifs is 1. The molecule has 4 aromatic heterocycles. The molecule has 6 aromatic rings. The Morgan fingerprint density at radius 2 is 1.26 bits per heavy atom. The van der Waals surface area contributed by atoms with Gasteiger partial charge in [0.25, 0.3) is 5.91 Å². The first-order valence-corrected chi connectivity index (χ1v) is 20.6. The fourth-order valence-corrected chi connectivity index (χ4v) is 10.3. The van der Waals surface area contributed by atoms with Crippen molar-refractivity contribution in [1.82, 2.24) is 40.4 Å². The lowest BCUT2D eigenvalue weighted by molar-refractivity contribution is -0.135. The van der Waals surface area contributed by atoms with Gasteiger partial charge in [-0.1, -0.05) is 68.4 Å². The van der Waals surface area contributed by atoms with Gasteiger partial charge in [0.1, 0.15) is 23.7 Å². The Kier molecular flexibility index (Phi) is 10.5. The van der Waals surface area contributed by atoms with Crippen molar-refractivity contribution < 1.29 is 29.4 Å². The van der Waals surface area contributed by atoms with Crippen molar-refractivity contribution in [2.45, 2.75) is 63.7 Å². The molecule has 0 bridgehead atoms. The summed E-state index contributed by atoms with van der Waals surface area (Å²) in [5.74, 6) is 0.656. The van der Waals surface area contributed by atoms with Crippen LogP contribution in [0.15, 0.2) is 79.1 Å². The highest BCUT2D eigenvalue weighted by atomic mass is 32.1. The van der Waals surface area contributed by atoms with Crippen LogP contribution in [0, 0.1) is 5.92 Å². The van der Waals surface area contributed by atoms with E-state index in [2.05, 4.69) is 67.0 Å². The Hall–Kier alpha value is -6.00. The van der Waals surface area contributed by atoms with Crippen molar-refractivity contribution in [1.29, 1.82) is 0 Å². The zero-order valence-corrected chi connectivity index (χ0v) is 32.9.